The smallest absolute Gasteiger partial charge is 0.127 e. The predicted octanol–water partition coefficient (Wildman–Crippen LogP) is 5.21. The SMILES string of the molecule is COc1ccc(Br)cc1/C=N\Nc1ccc(Cl)c(Cl)c1. The van der Waals surface area contributed by atoms with Crippen molar-refractivity contribution in [3.63, 3.8) is 0 Å². The van der Waals surface area contributed by atoms with Crippen molar-refractivity contribution in [1.29, 1.82) is 0 Å². The van der Waals surface area contributed by atoms with Crippen molar-refractivity contribution < 1.29 is 4.74 Å². The summed E-state index contributed by atoms with van der Waals surface area (Å²) in [4.78, 5) is 0. The summed E-state index contributed by atoms with van der Waals surface area (Å²) in [5.74, 6) is 0.743. The molecule has 20 heavy (non-hydrogen) atoms. The molecule has 0 radical (unpaired) electrons. The highest BCUT2D eigenvalue weighted by molar-refractivity contribution is 9.10. The third-order valence-corrected chi connectivity index (χ3v) is 3.74. The van der Waals surface area contributed by atoms with Crippen molar-refractivity contribution in [3.05, 3.63) is 56.5 Å². The van der Waals surface area contributed by atoms with E-state index >= 15 is 0 Å². The minimum atomic E-state index is 0.479. The molecule has 2 rings (SSSR count). The number of hydrogen-bond acceptors (Lipinski definition) is 3. The van der Waals surface area contributed by atoms with Gasteiger partial charge in [-0.15, -0.1) is 0 Å². The first-order valence-corrected chi connectivity index (χ1v) is 7.22. The van der Waals surface area contributed by atoms with E-state index in [9.17, 15) is 0 Å². The highest BCUT2D eigenvalue weighted by Gasteiger charge is 2.01. The van der Waals surface area contributed by atoms with Crippen LogP contribution < -0.4 is 10.2 Å². The molecule has 0 unspecified atom stereocenters. The summed E-state index contributed by atoms with van der Waals surface area (Å²) < 4.78 is 6.21. The zero-order valence-corrected chi connectivity index (χ0v) is 13.6. The Labute approximate surface area is 135 Å². The van der Waals surface area contributed by atoms with Crippen LogP contribution in [0.4, 0.5) is 5.69 Å². The Morgan fingerprint density at radius 2 is 1.95 bits per heavy atom. The van der Waals surface area contributed by atoms with Gasteiger partial charge in [-0.25, -0.2) is 0 Å². The minimum absolute atomic E-state index is 0.479. The lowest BCUT2D eigenvalue weighted by atomic mass is 10.2. The maximum atomic E-state index is 5.93. The summed E-state index contributed by atoms with van der Waals surface area (Å²) in [6.45, 7) is 0. The van der Waals surface area contributed by atoms with E-state index in [0.717, 1.165) is 21.5 Å². The van der Waals surface area contributed by atoms with Gasteiger partial charge in [-0.05, 0) is 36.4 Å². The zero-order chi connectivity index (χ0) is 14.5. The number of halogens is 3. The number of nitrogens with zero attached hydrogens (tertiary/aromatic N) is 1. The molecule has 104 valence electrons. The van der Waals surface area contributed by atoms with Crippen molar-refractivity contribution in [2.24, 2.45) is 5.10 Å². The van der Waals surface area contributed by atoms with Crippen LogP contribution in [0, 0.1) is 0 Å². The number of rotatable bonds is 4. The molecule has 0 aliphatic heterocycles. The number of ether oxygens (including phenoxy) is 1. The Kier molecular flexibility index (Phi) is 5.29. The van der Waals surface area contributed by atoms with Crippen molar-refractivity contribution >= 4 is 51.0 Å². The summed E-state index contributed by atoms with van der Waals surface area (Å²) in [6, 6.07) is 10.9. The van der Waals surface area contributed by atoms with Gasteiger partial charge in [0.15, 0.2) is 0 Å². The second kappa shape index (κ2) is 6.97. The van der Waals surface area contributed by atoms with Gasteiger partial charge in [0.1, 0.15) is 5.75 Å². The Balaban J connectivity index is 2.13. The third-order valence-electron chi connectivity index (χ3n) is 2.51. The van der Waals surface area contributed by atoms with Crippen LogP contribution in [0.3, 0.4) is 0 Å². The van der Waals surface area contributed by atoms with Gasteiger partial charge in [0.25, 0.3) is 0 Å². The second-order valence-corrected chi connectivity index (χ2v) is 5.62. The molecular formula is C14H11BrCl2N2O. The second-order valence-electron chi connectivity index (χ2n) is 3.89. The van der Waals surface area contributed by atoms with Crippen molar-refractivity contribution in [3.8, 4) is 5.75 Å². The Morgan fingerprint density at radius 1 is 1.15 bits per heavy atom. The molecule has 0 aliphatic carbocycles. The van der Waals surface area contributed by atoms with Gasteiger partial charge in [-0.3, -0.25) is 5.43 Å². The molecule has 0 saturated heterocycles. The number of nitrogens with one attached hydrogen (secondary N) is 1. The molecule has 6 heteroatoms. The Morgan fingerprint density at radius 3 is 2.65 bits per heavy atom. The normalized spacial score (nSPS) is 10.8. The van der Waals surface area contributed by atoms with Gasteiger partial charge in [0.2, 0.25) is 0 Å². The molecule has 0 heterocycles. The molecule has 2 aromatic rings. The fourth-order valence-corrected chi connectivity index (χ4v) is 2.23. The van der Waals surface area contributed by atoms with E-state index in [0.29, 0.717) is 10.0 Å². The maximum Gasteiger partial charge on any atom is 0.127 e. The van der Waals surface area contributed by atoms with Crippen LogP contribution in [-0.2, 0) is 0 Å². The topological polar surface area (TPSA) is 33.6 Å². The molecule has 0 amide bonds. The average molecular weight is 374 g/mol. The number of hydrazone groups is 1. The monoisotopic (exact) mass is 372 g/mol. The van der Waals surface area contributed by atoms with Crippen LogP contribution >= 0.6 is 39.1 Å². The fourth-order valence-electron chi connectivity index (χ4n) is 1.55. The van der Waals surface area contributed by atoms with Crippen LogP contribution in [0.1, 0.15) is 5.56 Å². The Bertz CT molecular complexity index is 647. The van der Waals surface area contributed by atoms with Crippen molar-refractivity contribution in [2.45, 2.75) is 0 Å². The van der Waals surface area contributed by atoms with Gasteiger partial charge in [-0.1, -0.05) is 39.1 Å². The highest BCUT2D eigenvalue weighted by atomic mass is 79.9. The molecule has 3 nitrogen and oxygen atoms in total. The fraction of sp³-hybridized carbons (Fsp3) is 0.0714. The summed E-state index contributed by atoms with van der Waals surface area (Å²) in [7, 11) is 1.62. The van der Waals surface area contributed by atoms with Gasteiger partial charge in [-0.2, -0.15) is 5.10 Å². The number of methoxy groups -OCH3 is 1. The van der Waals surface area contributed by atoms with Crippen molar-refractivity contribution in [2.75, 3.05) is 12.5 Å². The number of hydrogen-bond donors (Lipinski definition) is 1. The minimum Gasteiger partial charge on any atom is -0.496 e. The summed E-state index contributed by atoms with van der Waals surface area (Å²) in [5.41, 5.74) is 4.50. The largest absolute Gasteiger partial charge is 0.496 e. The first-order chi connectivity index (χ1) is 9.60. The molecule has 0 aromatic heterocycles. The van der Waals surface area contributed by atoms with Gasteiger partial charge >= 0.3 is 0 Å². The van der Waals surface area contributed by atoms with Gasteiger partial charge in [0, 0.05) is 10.0 Å². The van der Waals surface area contributed by atoms with Crippen LogP contribution in [0.15, 0.2) is 46.0 Å². The summed E-state index contributed by atoms with van der Waals surface area (Å²) in [5, 5.41) is 5.14. The lowest BCUT2D eigenvalue weighted by Crippen LogP contribution is -1.94. The first kappa shape index (κ1) is 15.2. The van der Waals surface area contributed by atoms with Crippen LogP contribution in [-0.4, -0.2) is 13.3 Å². The van der Waals surface area contributed by atoms with Crippen LogP contribution in [0.5, 0.6) is 5.75 Å². The lowest BCUT2D eigenvalue weighted by Gasteiger charge is -2.05. The predicted molar refractivity (Wildman–Crippen MR) is 88.4 cm³/mol. The van der Waals surface area contributed by atoms with E-state index in [1.54, 1.807) is 31.5 Å². The number of anilines is 1. The van der Waals surface area contributed by atoms with Gasteiger partial charge < -0.3 is 4.74 Å². The van der Waals surface area contributed by atoms with E-state index in [2.05, 4.69) is 26.5 Å². The maximum absolute atomic E-state index is 5.93. The first-order valence-electron chi connectivity index (χ1n) is 5.68. The molecular weight excluding hydrogens is 363 g/mol. The molecule has 1 N–H and O–H groups in total. The van der Waals surface area contributed by atoms with E-state index in [1.807, 2.05) is 18.2 Å². The quantitative estimate of drug-likeness (QED) is 0.589. The molecule has 0 fully saturated rings. The average Bonchev–Trinajstić information content (AvgIpc) is 2.43. The van der Waals surface area contributed by atoms with Crippen molar-refractivity contribution in [1.82, 2.24) is 0 Å². The third kappa shape index (κ3) is 3.88. The number of benzene rings is 2. The molecule has 0 aliphatic rings. The van der Waals surface area contributed by atoms with Gasteiger partial charge in [0.05, 0.1) is 29.1 Å². The molecule has 2 aromatic carbocycles. The summed E-state index contributed by atoms with van der Waals surface area (Å²) in [6.07, 6.45) is 1.67. The van der Waals surface area contributed by atoms with E-state index in [-0.39, 0.29) is 0 Å². The zero-order valence-electron chi connectivity index (χ0n) is 10.5. The molecule has 0 atom stereocenters. The van der Waals surface area contributed by atoms with E-state index in [1.165, 1.54) is 0 Å². The highest BCUT2D eigenvalue weighted by Crippen LogP contribution is 2.25. The van der Waals surface area contributed by atoms with E-state index in [4.69, 9.17) is 27.9 Å². The Hall–Kier alpha value is -1.23. The summed E-state index contributed by atoms with van der Waals surface area (Å²) >= 11 is 15.2. The lowest BCUT2D eigenvalue weighted by molar-refractivity contribution is 0.414. The molecule has 0 saturated carbocycles. The van der Waals surface area contributed by atoms with E-state index < -0.39 is 0 Å². The molecule has 0 bridgehead atoms. The van der Waals surface area contributed by atoms with Crippen LogP contribution in [0.25, 0.3) is 0 Å². The standard InChI is InChI=1S/C14H11BrCl2N2O/c1-20-14-5-2-10(15)6-9(14)8-18-19-11-3-4-12(16)13(17)7-11/h2-8,19H,1H3/b18-8-. The van der Waals surface area contributed by atoms with Crippen LogP contribution in [0.2, 0.25) is 10.0 Å². The molecule has 0 spiro atoms.